The summed E-state index contributed by atoms with van der Waals surface area (Å²) in [5.41, 5.74) is 1.53. The first-order chi connectivity index (χ1) is 12.7. The van der Waals surface area contributed by atoms with Gasteiger partial charge in [-0.3, -0.25) is 14.7 Å². The van der Waals surface area contributed by atoms with Gasteiger partial charge in [-0.05, 0) is 18.4 Å². The average molecular weight is 371 g/mol. The van der Waals surface area contributed by atoms with Crippen LogP contribution in [0, 0.1) is 5.92 Å². The molecule has 0 saturated heterocycles. The van der Waals surface area contributed by atoms with E-state index in [0.29, 0.717) is 27.9 Å². The number of thiazole rings is 1. The number of benzene rings is 1. The molecule has 3 aromatic rings. The monoisotopic (exact) mass is 371 g/mol. The fourth-order valence-electron chi connectivity index (χ4n) is 2.41. The van der Waals surface area contributed by atoms with E-state index in [1.807, 2.05) is 30.3 Å². The summed E-state index contributed by atoms with van der Waals surface area (Å²) in [5.74, 6) is 0.189. The van der Waals surface area contributed by atoms with Crippen LogP contribution in [0.15, 0.2) is 30.3 Å². The Morgan fingerprint density at radius 3 is 2.81 bits per heavy atom. The Balaban J connectivity index is 1.33. The Morgan fingerprint density at radius 1 is 1.23 bits per heavy atom. The molecule has 0 aliphatic heterocycles. The quantitative estimate of drug-likeness (QED) is 0.591. The normalized spacial score (nSPS) is 13.7. The first kappa shape index (κ1) is 16.7. The second-order valence-electron chi connectivity index (χ2n) is 6.06. The van der Waals surface area contributed by atoms with Gasteiger partial charge in [0.05, 0.1) is 6.61 Å². The van der Waals surface area contributed by atoms with E-state index in [4.69, 9.17) is 4.74 Å². The molecule has 1 fully saturated rings. The zero-order valence-electron chi connectivity index (χ0n) is 13.8. The van der Waals surface area contributed by atoms with Crippen LogP contribution in [0.3, 0.4) is 0 Å². The fraction of sp³-hybridized carbons (Fsp3) is 0.294. The van der Waals surface area contributed by atoms with Gasteiger partial charge in [-0.2, -0.15) is 5.10 Å². The molecule has 1 aliphatic rings. The van der Waals surface area contributed by atoms with Crippen LogP contribution in [0.2, 0.25) is 0 Å². The van der Waals surface area contributed by atoms with Gasteiger partial charge in [0.2, 0.25) is 5.91 Å². The highest BCUT2D eigenvalue weighted by molar-refractivity contribution is 7.22. The SMILES string of the molecule is O=C(COCc1ccccc1)Nc1n[nH]c2nc(NC(=O)C3CC3)sc12. The van der Waals surface area contributed by atoms with E-state index in [1.54, 1.807) is 0 Å². The summed E-state index contributed by atoms with van der Waals surface area (Å²) < 4.78 is 6.10. The number of amides is 2. The number of nitrogens with zero attached hydrogens (tertiary/aromatic N) is 2. The third-order valence-corrected chi connectivity index (χ3v) is 4.87. The number of anilines is 2. The van der Waals surface area contributed by atoms with Gasteiger partial charge >= 0.3 is 0 Å². The van der Waals surface area contributed by atoms with Crippen molar-refractivity contribution in [3.63, 3.8) is 0 Å². The molecule has 0 atom stereocenters. The lowest BCUT2D eigenvalue weighted by atomic mass is 10.2. The van der Waals surface area contributed by atoms with Crippen molar-refractivity contribution < 1.29 is 14.3 Å². The number of hydrogen-bond acceptors (Lipinski definition) is 6. The highest BCUT2D eigenvalue weighted by Crippen LogP contribution is 2.33. The number of carbonyl (C=O) groups excluding carboxylic acids is 2. The molecule has 1 aliphatic carbocycles. The molecule has 0 spiro atoms. The van der Waals surface area contributed by atoms with Crippen molar-refractivity contribution in [1.29, 1.82) is 0 Å². The molecule has 134 valence electrons. The number of fused-ring (bicyclic) bond motifs is 1. The first-order valence-electron chi connectivity index (χ1n) is 8.26. The summed E-state index contributed by atoms with van der Waals surface area (Å²) in [5, 5.41) is 12.8. The number of aromatic nitrogens is 3. The van der Waals surface area contributed by atoms with E-state index >= 15 is 0 Å². The number of aromatic amines is 1. The van der Waals surface area contributed by atoms with Crippen LogP contribution >= 0.6 is 11.3 Å². The summed E-state index contributed by atoms with van der Waals surface area (Å²) in [6.45, 7) is 0.287. The van der Waals surface area contributed by atoms with Gasteiger partial charge in [-0.1, -0.05) is 41.7 Å². The second kappa shape index (κ2) is 7.22. The number of ether oxygens (including phenoxy) is 1. The number of H-pyrrole nitrogens is 1. The molecular weight excluding hydrogens is 354 g/mol. The van der Waals surface area contributed by atoms with Crippen LogP contribution in [0.4, 0.5) is 10.9 Å². The lowest BCUT2D eigenvalue weighted by molar-refractivity contribution is -0.121. The minimum absolute atomic E-state index is 0.00532. The van der Waals surface area contributed by atoms with E-state index in [2.05, 4.69) is 25.8 Å². The van der Waals surface area contributed by atoms with Crippen LogP contribution in [-0.2, 0) is 20.9 Å². The maximum Gasteiger partial charge on any atom is 0.251 e. The van der Waals surface area contributed by atoms with Gasteiger partial charge in [0.1, 0.15) is 11.3 Å². The molecule has 4 rings (SSSR count). The Bertz CT molecular complexity index is 932. The van der Waals surface area contributed by atoms with Crippen LogP contribution in [0.25, 0.3) is 10.3 Å². The minimum atomic E-state index is -0.300. The summed E-state index contributed by atoms with van der Waals surface area (Å²) in [6, 6.07) is 9.63. The Hall–Kier alpha value is -2.78. The summed E-state index contributed by atoms with van der Waals surface area (Å²) in [4.78, 5) is 28.1. The molecule has 1 aromatic carbocycles. The van der Waals surface area contributed by atoms with Crippen molar-refractivity contribution in [3.8, 4) is 0 Å². The molecule has 1 saturated carbocycles. The fourth-order valence-corrected chi connectivity index (χ4v) is 3.27. The molecule has 0 unspecified atom stereocenters. The average Bonchev–Trinajstić information content (AvgIpc) is 3.33. The molecule has 2 heterocycles. The smallest absolute Gasteiger partial charge is 0.251 e. The van der Waals surface area contributed by atoms with E-state index in [0.717, 1.165) is 18.4 Å². The molecule has 9 heteroatoms. The maximum atomic E-state index is 12.1. The predicted molar refractivity (Wildman–Crippen MR) is 97.8 cm³/mol. The number of rotatable bonds is 7. The maximum absolute atomic E-state index is 12.1. The van der Waals surface area contributed by atoms with Crippen molar-refractivity contribution >= 4 is 44.4 Å². The van der Waals surface area contributed by atoms with Crippen LogP contribution in [0.5, 0.6) is 0 Å². The number of hydrogen-bond donors (Lipinski definition) is 3. The van der Waals surface area contributed by atoms with Gasteiger partial charge in [-0.15, -0.1) is 0 Å². The van der Waals surface area contributed by atoms with Crippen LogP contribution < -0.4 is 10.6 Å². The first-order valence-corrected chi connectivity index (χ1v) is 9.08. The summed E-state index contributed by atoms with van der Waals surface area (Å²) >= 11 is 1.27. The van der Waals surface area contributed by atoms with Crippen molar-refractivity contribution in [1.82, 2.24) is 15.2 Å². The van der Waals surface area contributed by atoms with Crippen LogP contribution in [-0.4, -0.2) is 33.6 Å². The molecule has 2 amide bonds. The van der Waals surface area contributed by atoms with Crippen molar-refractivity contribution in [2.75, 3.05) is 17.2 Å². The van der Waals surface area contributed by atoms with Crippen molar-refractivity contribution in [3.05, 3.63) is 35.9 Å². The number of nitrogens with one attached hydrogen (secondary N) is 3. The molecular formula is C17H17N5O3S. The van der Waals surface area contributed by atoms with Gasteiger partial charge in [0.25, 0.3) is 5.91 Å². The Labute approximate surface area is 153 Å². The highest BCUT2D eigenvalue weighted by Gasteiger charge is 2.30. The lowest BCUT2D eigenvalue weighted by Crippen LogP contribution is -2.18. The molecule has 0 radical (unpaired) electrons. The lowest BCUT2D eigenvalue weighted by Gasteiger charge is -2.04. The summed E-state index contributed by atoms with van der Waals surface area (Å²) in [6.07, 6.45) is 1.86. The minimum Gasteiger partial charge on any atom is -0.367 e. The van der Waals surface area contributed by atoms with Crippen molar-refractivity contribution in [2.45, 2.75) is 19.4 Å². The standard InChI is InChI=1S/C17H17N5O3S/c23-12(9-25-8-10-4-2-1-3-5-10)18-14-13-15(22-21-14)19-17(26-13)20-16(24)11-6-7-11/h1-5,11H,6-9H2,(H3,18,19,20,21,22,23,24). The Morgan fingerprint density at radius 2 is 2.04 bits per heavy atom. The number of carbonyl (C=O) groups is 2. The van der Waals surface area contributed by atoms with Gasteiger partial charge < -0.3 is 15.4 Å². The zero-order chi connectivity index (χ0) is 17.9. The Kier molecular flexibility index (Phi) is 4.63. The second-order valence-corrected chi connectivity index (χ2v) is 7.06. The van der Waals surface area contributed by atoms with Gasteiger partial charge in [0.15, 0.2) is 16.6 Å². The van der Waals surface area contributed by atoms with E-state index < -0.39 is 0 Å². The highest BCUT2D eigenvalue weighted by atomic mass is 32.1. The third kappa shape index (κ3) is 3.89. The topological polar surface area (TPSA) is 109 Å². The van der Waals surface area contributed by atoms with E-state index in [1.165, 1.54) is 11.3 Å². The van der Waals surface area contributed by atoms with E-state index in [-0.39, 0.29) is 24.3 Å². The predicted octanol–water partition coefficient (Wildman–Crippen LogP) is 2.52. The molecule has 8 nitrogen and oxygen atoms in total. The molecule has 0 bridgehead atoms. The largest absolute Gasteiger partial charge is 0.367 e. The third-order valence-electron chi connectivity index (χ3n) is 3.90. The van der Waals surface area contributed by atoms with E-state index in [9.17, 15) is 9.59 Å². The molecule has 3 N–H and O–H groups in total. The zero-order valence-corrected chi connectivity index (χ0v) is 14.6. The summed E-state index contributed by atoms with van der Waals surface area (Å²) in [7, 11) is 0. The molecule has 2 aromatic heterocycles. The van der Waals surface area contributed by atoms with Crippen LogP contribution in [0.1, 0.15) is 18.4 Å². The van der Waals surface area contributed by atoms with Gasteiger partial charge in [-0.25, -0.2) is 4.98 Å². The van der Waals surface area contributed by atoms with Gasteiger partial charge in [0, 0.05) is 5.92 Å². The van der Waals surface area contributed by atoms with Crippen molar-refractivity contribution in [2.24, 2.45) is 5.92 Å². The molecule has 26 heavy (non-hydrogen) atoms.